The van der Waals surface area contributed by atoms with Crippen LogP contribution in [0.25, 0.3) is 0 Å². The van der Waals surface area contributed by atoms with E-state index in [1.807, 2.05) is 0 Å². The maximum Gasteiger partial charge on any atom is 0.261 e. The van der Waals surface area contributed by atoms with Crippen LogP contribution in [0.2, 0.25) is 0 Å². The van der Waals surface area contributed by atoms with Crippen LogP contribution in [0.3, 0.4) is 0 Å². The molecule has 1 aliphatic rings. The second-order valence-electron chi connectivity index (χ2n) is 3.41. The summed E-state index contributed by atoms with van der Waals surface area (Å²) in [6.07, 6.45) is 0.867. The average molecular weight is 282 g/mol. The molecule has 4 nitrogen and oxygen atoms in total. The van der Waals surface area contributed by atoms with Crippen LogP contribution in [0, 0.1) is 0 Å². The molecule has 0 aromatic heterocycles. The molecule has 2 rings (SSSR count). The predicted molar refractivity (Wildman–Crippen MR) is 60.2 cm³/mol. The summed E-state index contributed by atoms with van der Waals surface area (Å²) >= 11 is 3.25. The van der Waals surface area contributed by atoms with Crippen LogP contribution >= 0.6 is 15.9 Å². The highest BCUT2D eigenvalue weighted by Crippen LogP contribution is 2.25. The van der Waals surface area contributed by atoms with Gasteiger partial charge in [0, 0.05) is 17.4 Å². The quantitative estimate of drug-likeness (QED) is 0.625. The van der Waals surface area contributed by atoms with Gasteiger partial charge in [0.1, 0.15) is 6.29 Å². The van der Waals surface area contributed by atoms with Gasteiger partial charge in [-0.1, -0.05) is 15.9 Å². The molecule has 5 heteroatoms. The largest absolute Gasteiger partial charge is 0.303 e. The fraction of sp³-hybridized carbons (Fsp3) is 0.182. The van der Waals surface area contributed by atoms with Crippen molar-refractivity contribution in [1.29, 1.82) is 0 Å². The minimum absolute atomic E-state index is 0.146. The summed E-state index contributed by atoms with van der Waals surface area (Å²) in [5.74, 6) is -0.655. The molecule has 82 valence electrons. The summed E-state index contributed by atoms with van der Waals surface area (Å²) in [6, 6.07) is 4.95. The Kier molecular flexibility index (Phi) is 2.87. The zero-order valence-corrected chi connectivity index (χ0v) is 9.86. The number of amides is 2. The lowest BCUT2D eigenvalue weighted by atomic mass is 10.1. The number of halogens is 1. The molecule has 0 saturated heterocycles. The number of carbonyl (C=O) groups is 3. The first-order valence-electron chi connectivity index (χ1n) is 4.74. The smallest absolute Gasteiger partial charge is 0.261 e. The average Bonchev–Trinajstić information content (AvgIpc) is 2.50. The number of imide groups is 1. The second kappa shape index (κ2) is 4.17. The van der Waals surface area contributed by atoms with Crippen LogP contribution in [0.1, 0.15) is 27.1 Å². The number of fused-ring (bicyclic) bond motifs is 1. The van der Waals surface area contributed by atoms with E-state index in [1.165, 1.54) is 0 Å². The summed E-state index contributed by atoms with van der Waals surface area (Å²) in [4.78, 5) is 35.0. The number of nitrogens with zero attached hydrogens (tertiary/aromatic N) is 1. The zero-order chi connectivity index (χ0) is 11.7. The molecule has 0 saturated carbocycles. The van der Waals surface area contributed by atoms with Crippen LogP contribution in [0.5, 0.6) is 0 Å². The molecule has 2 amide bonds. The first-order valence-corrected chi connectivity index (χ1v) is 5.54. The van der Waals surface area contributed by atoms with Gasteiger partial charge in [-0.2, -0.15) is 0 Å². The van der Waals surface area contributed by atoms with E-state index < -0.39 is 0 Å². The van der Waals surface area contributed by atoms with Crippen molar-refractivity contribution < 1.29 is 14.4 Å². The summed E-state index contributed by atoms with van der Waals surface area (Å²) < 4.78 is 0.754. The third-order valence-electron chi connectivity index (χ3n) is 2.40. The van der Waals surface area contributed by atoms with E-state index in [1.54, 1.807) is 18.2 Å². The fourth-order valence-corrected chi connectivity index (χ4v) is 2.01. The van der Waals surface area contributed by atoms with E-state index >= 15 is 0 Å². The second-order valence-corrected chi connectivity index (χ2v) is 4.32. The zero-order valence-electron chi connectivity index (χ0n) is 8.27. The maximum atomic E-state index is 11.8. The molecule has 0 bridgehead atoms. The fourth-order valence-electron chi connectivity index (χ4n) is 1.65. The highest BCUT2D eigenvalue weighted by molar-refractivity contribution is 9.10. The Bertz CT molecular complexity index is 484. The predicted octanol–water partition coefficient (Wildman–Crippen LogP) is 1.63. The third kappa shape index (κ3) is 1.67. The van der Waals surface area contributed by atoms with Crippen LogP contribution in [-0.4, -0.2) is 29.5 Å². The molecule has 0 aliphatic carbocycles. The third-order valence-corrected chi connectivity index (χ3v) is 2.90. The standard InChI is InChI=1S/C11H8BrNO3/c12-7-2-3-8-9(6-7)11(16)13(10(8)15)4-1-5-14/h2-3,5-6H,1,4H2. The van der Waals surface area contributed by atoms with Crippen molar-refractivity contribution >= 4 is 34.0 Å². The van der Waals surface area contributed by atoms with E-state index in [-0.39, 0.29) is 24.8 Å². The highest BCUT2D eigenvalue weighted by atomic mass is 79.9. The lowest BCUT2D eigenvalue weighted by molar-refractivity contribution is -0.107. The Morgan fingerprint density at radius 2 is 1.88 bits per heavy atom. The van der Waals surface area contributed by atoms with Crippen molar-refractivity contribution in [2.24, 2.45) is 0 Å². The molecular weight excluding hydrogens is 274 g/mol. The summed E-state index contributed by atoms with van der Waals surface area (Å²) in [7, 11) is 0. The molecule has 1 aromatic carbocycles. The van der Waals surface area contributed by atoms with Crippen molar-refractivity contribution in [1.82, 2.24) is 4.90 Å². The van der Waals surface area contributed by atoms with Gasteiger partial charge in [0.2, 0.25) is 0 Å². The molecule has 0 radical (unpaired) electrons. The number of carbonyl (C=O) groups excluding carboxylic acids is 3. The summed E-state index contributed by atoms with van der Waals surface area (Å²) in [5, 5.41) is 0. The van der Waals surface area contributed by atoms with Crippen LogP contribution in [0.4, 0.5) is 0 Å². The molecular formula is C11H8BrNO3. The van der Waals surface area contributed by atoms with Crippen molar-refractivity contribution in [2.45, 2.75) is 6.42 Å². The summed E-state index contributed by atoms with van der Waals surface area (Å²) in [5.41, 5.74) is 0.796. The van der Waals surface area contributed by atoms with E-state index in [0.717, 1.165) is 9.37 Å². The number of hydrogen-bond donors (Lipinski definition) is 0. The maximum absolute atomic E-state index is 11.8. The Labute approximate surface area is 100 Å². The van der Waals surface area contributed by atoms with Gasteiger partial charge in [0.05, 0.1) is 11.1 Å². The monoisotopic (exact) mass is 281 g/mol. The summed E-state index contributed by atoms with van der Waals surface area (Å²) in [6.45, 7) is 0.146. The van der Waals surface area contributed by atoms with Crippen molar-refractivity contribution in [3.05, 3.63) is 33.8 Å². The minimum Gasteiger partial charge on any atom is -0.303 e. The molecule has 0 atom stereocenters. The topological polar surface area (TPSA) is 54.5 Å². The molecule has 1 heterocycles. The van der Waals surface area contributed by atoms with Gasteiger partial charge in [-0.15, -0.1) is 0 Å². The SMILES string of the molecule is O=CCCN1C(=O)c2ccc(Br)cc2C1=O. The van der Waals surface area contributed by atoms with Gasteiger partial charge in [-0.3, -0.25) is 14.5 Å². The molecule has 0 spiro atoms. The van der Waals surface area contributed by atoms with Crippen molar-refractivity contribution in [3.8, 4) is 0 Å². The van der Waals surface area contributed by atoms with Gasteiger partial charge in [0.25, 0.3) is 11.8 Å². The number of benzene rings is 1. The van der Waals surface area contributed by atoms with Crippen LogP contribution in [-0.2, 0) is 4.79 Å². The molecule has 1 aromatic rings. The van der Waals surface area contributed by atoms with Crippen LogP contribution < -0.4 is 0 Å². The minimum atomic E-state index is -0.330. The van der Waals surface area contributed by atoms with E-state index in [0.29, 0.717) is 17.4 Å². The van der Waals surface area contributed by atoms with E-state index in [4.69, 9.17) is 0 Å². The van der Waals surface area contributed by atoms with E-state index in [2.05, 4.69) is 15.9 Å². The van der Waals surface area contributed by atoms with Gasteiger partial charge in [0.15, 0.2) is 0 Å². The van der Waals surface area contributed by atoms with Gasteiger partial charge < -0.3 is 4.79 Å². The molecule has 16 heavy (non-hydrogen) atoms. The Morgan fingerprint density at radius 3 is 2.56 bits per heavy atom. The number of rotatable bonds is 3. The van der Waals surface area contributed by atoms with Gasteiger partial charge in [-0.05, 0) is 18.2 Å². The van der Waals surface area contributed by atoms with Crippen LogP contribution in [0.15, 0.2) is 22.7 Å². The Balaban J connectivity index is 2.36. The number of hydrogen-bond acceptors (Lipinski definition) is 3. The molecule has 1 aliphatic heterocycles. The molecule has 0 N–H and O–H groups in total. The first kappa shape index (κ1) is 11.0. The first-order chi connectivity index (χ1) is 7.65. The highest BCUT2D eigenvalue weighted by Gasteiger charge is 2.34. The molecule has 0 unspecified atom stereocenters. The lowest BCUT2D eigenvalue weighted by Gasteiger charge is -2.10. The van der Waals surface area contributed by atoms with Crippen molar-refractivity contribution in [3.63, 3.8) is 0 Å². The van der Waals surface area contributed by atoms with Crippen molar-refractivity contribution in [2.75, 3.05) is 6.54 Å². The normalized spacial score (nSPS) is 14.2. The Hall–Kier alpha value is -1.49. The van der Waals surface area contributed by atoms with E-state index in [9.17, 15) is 14.4 Å². The Morgan fingerprint density at radius 1 is 1.19 bits per heavy atom. The van der Waals surface area contributed by atoms with Gasteiger partial charge in [-0.25, -0.2) is 0 Å². The lowest BCUT2D eigenvalue weighted by Crippen LogP contribution is -2.30. The van der Waals surface area contributed by atoms with Gasteiger partial charge >= 0.3 is 0 Å². The molecule has 0 fully saturated rings. The number of aldehydes is 1.